The second-order valence-electron chi connectivity index (χ2n) is 4.93. The fourth-order valence-corrected chi connectivity index (χ4v) is 2.18. The van der Waals surface area contributed by atoms with Gasteiger partial charge >= 0.3 is 6.09 Å². The number of carbonyl (C=O) groups is 2. The smallest absolute Gasteiger partial charge is 0.407 e. The standard InChI is InChI=1S/C14H14ClF2NO3/c1-18-14(20)21-11(4-7-2-3-7)13(19)12-9(16)5-8(15)6-10(12)17/h5-7,11H,2-4H2,1H3,(H,18,20). The molecule has 1 fully saturated rings. The van der Waals surface area contributed by atoms with E-state index in [-0.39, 0.29) is 17.4 Å². The highest BCUT2D eigenvalue weighted by Gasteiger charge is 2.34. The van der Waals surface area contributed by atoms with Crippen LogP contribution in [0.5, 0.6) is 0 Å². The minimum absolute atomic E-state index is 0.146. The van der Waals surface area contributed by atoms with Gasteiger partial charge in [-0.1, -0.05) is 24.4 Å². The Morgan fingerprint density at radius 1 is 1.38 bits per heavy atom. The van der Waals surface area contributed by atoms with Crippen molar-refractivity contribution in [1.82, 2.24) is 5.32 Å². The number of benzene rings is 1. The van der Waals surface area contributed by atoms with Crippen LogP contribution in [0.1, 0.15) is 29.6 Å². The van der Waals surface area contributed by atoms with Crippen LogP contribution in [-0.2, 0) is 4.74 Å². The average molecular weight is 318 g/mol. The normalized spacial score (nSPS) is 15.4. The predicted octanol–water partition coefficient (Wildman–Crippen LogP) is 3.33. The molecule has 7 heteroatoms. The molecular weight excluding hydrogens is 304 g/mol. The maximum Gasteiger partial charge on any atom is 0.407 e. The third-order valence-corrected chi connectivity index (χ3v) is 3.46. The zero-order valence-electron chi connectivity index (χ0n) is 11.3. The molecule has 4 nitrogen and oxygen atoms in total. The molecule has 1 amide bonds. The van der Waals surface area contributed by atoms with Crippen LogP contribution in [0.2, 0.25) is 5.02 Å². The first kappa shape index (κ1) is 15.7. The van der Waals surface area contributed by atoms with Crippen molar-refractivity contribution >= 4 is 23.5 Å². The first-order valence-corrected chi connectivity index (χ1v) is 6.87. The van der Waals surface area contributed by atoms with Gasteiger partial charge in [-0.2, -0.15) is 0 Å². The molecule has 1 N–H and O–H groups in total. The summed E-state index contributed by atoms with van der Waals surface area (Å²) in [7, 11) is 1.34. The molecule has 0 radical (unpaired) electrons. The number of nitrogens with one attached hydrogen (secondary N) is 1. The van der Waals surface area contributed by atoms with E-state index in [1.165, 1.54) is 7.05 Å². The Labute approximate surface area is 125 Å². The van der Waals surface area contributed by atoms with Crippen molar-refractivity contribution in [2.45, 2.75) is 25.4 Å². The zero-order chi connectivity index (χ0) is 15.6. The molecule has 0 heterocycles. The number of amides is 1. The third-order valence-electron chi connectivity index (χ3n) is 3.24. The number of rotatable bonds is 5. The van der Waals surface area contributed by atoms with E-state index in [4.69, 9.17) is 16.3 Å². The second kappa shape index (κ2) is 6.39. The van der Waals surface area contributed by atoms with Crippen molar-refractivity contribution < 1.29 is 23.1 Å². The zero-order valence-corrected chi connectivity index (χ0v) is 12.0. The number of ketones is 1. The average Bonchev–Trinajstić information content (AvgIpc) is 3.20. The van der Waals surface area contributed by atoms with E-state index in [2.05, 4.69) is 5.32 Å². The largest absolute Gasteiger partial charge is 0.438 e. The molecule has 1 aromatic carbocycles. The topological polar surface area (TPSA) is 55.4 Å². The summed E-state index contributed by atoms with van der Waals surface area (Å²) < 4.78 is 32.5. The van der Waals surface area contributed by atoms with Crippen molar-refractivity contribution in [3.05, 3.63) is 34.4 Å². The van der Waals surface area contributed by atoms with Crippen LogP contribution >= 0.6 is 11.6 Å². The Hall–Kier alpha value is -1.69. The number of carbonyl (C=O) groups excluding carboxylic acids is 2. The van der Waals surface area contributed by atoms with Gasteiger partial charge in [-0.3, -0.25) is 4.79 Å². The molecular formula is C14H14ClF2NO3. The highest BCUT2D eigenvalue weighted by molar-refractivity contribution is 6.30. The van der Waals surface area contributed by atoms with Crippen LogP contribution in [0.4, 0.5) is 13.6 Å². The number of halogens is 3. The van der Waals surface area contributed by atoms with Crippen molar-refractivity contribution in [3.63, 3.8) is 0 Å². The first-order chi connectivity index (χ1) is 9.92. The molecule has 0 aromatic heterocycles. The molecule has 0 bridgehead atoms. The minimum Gasteiger partial charge on any atom is -0.438 e. The number of hydrogen-bond donors (Lipinski definition) is 1. The van der Waals surface area contributed by atoms with Gasteiger partial charge in [0.15, 0.2) is 6.10 Å². The van der Waals surface area contributed by atoms with Crippen LogP contribution in [0, 0.1) is 17.6 Å². The van der Waals surface area contributed by atoms with Crippen LogP contribution in [-0.4, -0.2) is 25.0 Å². The van der Waals surface area contributed by atoms with Gasteiger partial charge < -0.3 is 10.1 Å². The van der Waals surface area contributed by atoms with E-state index in [9.17, 15) is 18.4 Å². The van der Waals surface area contributed by atoms with Crippen molar-refractivity contribution in [1.29, 1.82) is 0 Å². The minimum atomic E-state index is -1.21. The summed E-state index contributed by atoms with van der Waals surface area (Å²) in [5, 5.41) is 2.07. The lowest BCUT2D eigenvalue weighted by Gasteiger charge is -2.17. The summed E-state index contributed by atoms with van der Waals surface area (Å²) in [6.45, 7) is 0. The molecule has 1 unspecified atom stereocenters. The maximum absolute atomic E-state index is 13.8. The molecule has 1 aromatic rings. The highest BCUT2D eigenvalue weighted by Crippen LogP contribution is 2.35. The number of hydrogen-bond acceptors (Lipinski definition) is 3. The monoisotopic (exact) mass is 317 g/mol. The summed E-state index contributed by atoms with van der Waals surface area (Å²) in [6, 6.07) is 1.71. The quantitative estimate of drug-likeness (QED) is 0.848. The lowest BCUT2D eigenvalue weighted by Crippen LogP contribution is -2.33. The Balaban J connectivity index is 2.26. The fraction of sp³-hybridized carbons (Fsp3) is 0.429. The molecule has 114 valence electrons. The van der Waals surface area contributed by atoms with Crippen molar-refractivity contribution in [2.75, 3.05) is 7.05 Å². The van der Waals surface area contributed by atoms with Gasteiger partial charge in [-0.25, -0.2) is 13.6 Å². The number of ether oxygens (including phenoxy) is 1. The lowest BCUT2D eigenvalue weighted by molar-refractivity contribution is 0.0591. The number of alkyl carbamates (subject to hydrolysis) is 1. The second-order valence-corrected chi connectivity index (χ2v) is 5.37. The summed E-state index contributed by atoms with van der Waals surface area (Å²) in [5.41, 5.74) is -0.728. The van der Waals surface area contributed by atoms with E-state index < -0.39 is 35.2 Å². The van der Waals surface area contributed by atoms with Gasteiger partial charge in [0.05, 0.1) is 5.56 Å². The molecule has 1 aliphatic rings. The summed E-state index contributed by atoms with van der Waals surface area (Å²) in [4.78, 5) is 23.6. The summed E-state index contributed by atoms with van der Waals surface area (Å²) in [5.74, 6) is -2.78. The summed E-state index contributed by atoms with van der Waals surface area (Å²) >= 11 is 5.52. The van der Waals surface area contributed by atoms with Gasteiger partial charge in [-0.05, 0) is 24.5 Å². The van der Waals surface area contributed by atoms with Crippen molar-refractivity contribution in [2.24, 2.45) is 5.92 Å². The van der Waals surface area contributed by atoms with E-state index in [0.29, 0.717) is 0 Å². The van der Waals surface area contributed by atoms with E-state index in [0.717, 1.165) is 25.0 Å². The molecule has 0 spiro atoms. The SMILES string of the molecule is CNC(=O)OC(CC1CC1)C(=O)c1c(F)cc(Cl)cc1F. The Kier molecular flexibility index (Phi) is 4.77. The maximum atomic E-state index is 13.8. The van der Waals surface area contributed by atoms with Crippen LogP contribution in [0.3, 0.4) is 0 Å². The molecule has 21 heavy (non-hydrogen) atoms. The molecule has 1 saturated carbocycles. The number of Topliss-reactive ketones (excluding diaryl/α,β-unsaturated/α-hetero) is 1. The van der Waals surface area contributed by atoms with Crippen LogP contribution in [0.15, 0.2) is 12.1 Å². The molecule has 1 atom stereocenters. The van der Waals surface area contributed by atoms with Gasteiger partial charge in [0.1, 0.15) is 11.6 Å². The predicted molar refractivity (Wildman–Crippen MR) is 72.4 cm³/mol. The Morgan fingerprint density at radius 2 is 1.95 bits per heavy atom. The van der Waals surface area contributed by atoms with Crippen LogP contribution in [0.25, 0.3) is 0 Å². The lowest BCUT2D eigenvalue weighted by atomic mass is 10.0. The van der Waals surface area contributed by atoms with Gasteiger partial charge in [0.25, 0.3) is 0 Å². The van der Waals surface area contributed by atoms with E-state index in [1.54, 1.807) is 0 Å². The van der Waals surface area contributed by atoms with Gasteiger partial charge in [0.2, 0.25) is 5.78 Å². The van der Waals surface area contributed by atoms with Crippen LogP contribution < -0.4 is 5.32 Å². The fourth-order valence-electron chi connectivity index (χ4n) is 1.99. The van der Waals surface area contributed by atoms with Gasteiger partial charge in [-0.15, -0.1) is 0 Å². The molecule has 0 aliphatic heterocycles. The van der Waals surface area contributed by atoms with E-state index >= 15 is 0 Å². The van der Waals surface area contributed by atoms with E-state index in [1.807, 2.05) is 0 Å². The molecule has 1 aliphatic carbocycles. The van der Waals surface area contributed by atoms with Crippen molar-refractivity contribution in [3.8, 4) is 0 Å². The Morgan fingerprint density at radius 3 is 2.43 bits per heavy atom. The third kappa shape index (κ3) is 3.91. The summed E-state index contributed by atoms with van der Waals surface area (Å²) in [6.07, 6.45) is 0.0542. The molecule has 0 saturated heterocycles. The Bertz CT molecular complexity index is 552. The highest BCUT2D eigenvalue weighted by atomic mass is 35.5. The van der Waals surface area contributed by atoms with Gasteiger partial charge in [0, 0.05) is 12.1 Å². The first-order valence-electron chi connectivity index (χ1n) is 6.49. The molecule has 2 rings (SSSR count).